The number of nitrogens with one attached hydrogen (secondary N) is 4. The Kier molecular flexibility index (Phi) is 31.2. The van der Waals surface area contributed by atoms with E-state index >= 15 is 0 Å². The van der Waals surface area contributed by atoms with Crippen molar-refractivity contribution in [3.63, 3.8) is 0 Å². The first-order valence-electron chi connectivity index (χ1n) is 24.0. The maximum absolute atomic E-state index is 11.7. The summed E-state index contributed by atoms with van der Waals surface area (Å²) in [7, 11) is 7.58. The van der Waals surface area contributed by atoms with Gasteiger partial charge in [-0.05, 0) is 117 Å². The molecule has 6 aromatic rings. The highest BCUT2D eigenvalue weighted by atomic mass is 32.2. The lowest BCUT2D eigenvalue weighted by molar-refractivity contribution is 0.125. The zero-order chi connectivity index (χ0) is 58.2. The van der Waals surface area contributed by atoms with Gasteiger partial charge in [-0.15, -0.1) is 0 Å². The Morgan fingerprint density at radius 2 is 0.641 bits per heavy atom. The first-order chi connectivity index (χ1) is 37.2. The zero-order valence-corrected chi connectivity index (χ0v) is 49.4. The van der Waals surface area contributed by atoms with Crippen LogP contribution in [0.1, 0.15) is 38.9 Å². The molecule has 12 amide bonds. The molecule has 2 fully saturated rings. The van der Waals surface area contributed by atoms with Crippen molar-refractivity contribution in [2.75, 3.05) is 75.8 Å². The third kappa shape index (κ3) is 24.6. The molecular weight excluding hydrogens is 1060 g/mol. The second-order valence-electron chi connectivity index (χ2n) is 16.6. The number of carbonyl (C=O) groups excluding carboxylic acids is 8. The van der Waals surface area contributed by atoms with Crippen molar-refractivity contribution in [2.45, 2.75) is 33.6 Å². The highest BCUT2D eigenvalue weighted by molar-refractivity contribution is 8.13. The number of amides is 12. The summed E-state index contributed by atoms with van der Waals surface area (Å²) in [6.07, 6.45) is 8.60. The van der Waals surface area contributed by atoms with Crippen molar-refractivity contribution < 1.29 is 38.4 Å². The molecule has 0 saturated carbocycles. The molecule has 16 nitrogen and oxygen atoms in total. The molecule has 6 aromatic carbocycles. The molecule has 2 saturated heterocycles. The average Bonchev–Trinajstić information content (AvgIpc) is 3.47. The van der Waals surface area contributed by atoms with Gasteiger partial charge in [0.1, 0.15) is 0 Å². The molecule has 0 unspecified atom stereocenters. The lowest BCUT2D eigenvalue weighted by Gasteiger charge is -2.36. The van der Waals surface area contributed by atoms with Crippen LogP contribution >= 0.6 is 47.0 Å². The zero-order valence-electron chi connectivity index (χ0n) is 46.1. The molecule has 0 spiro atoms. The molecule has 4 N–H and O–H groups in total. The minimum atomic E-state index is -0.319. The molecule has 78 heavy (non-hydrogen) atoms. The third-order valence-electron chi connectivity index (χ3n) is 10.7. The van der Waals surface area contributed by atoms with Crippen molar-refractivity contribution in [3.05, 3.63) is 197 Å². The van der Waals surface area contributed by atoms with Gasteiger partial charge in [-0.1, -0.05) is 185 Å². The van der Waals surface area contributed by atoms with Gasteiger partial charge in [0.2, 0.25) is 0 Å². The number of hydrogen-bond acceptors (Lipinski definition) is 12. The molecule has 0 radical (unpaired) electrons. The predicted molar refractivity (Wildman–Crippen MR) is 327 cm³/mol. The summed E-state index contributed by atoms with van der Waals surface area (Å²) in [5.41, 5.74) is 10.8. The Labute approximate surface area is 476 Å². The Balaban J connectivity index is 0.000000342. The van der Waals surface area contributed by atoms with E-state index in [4.69, 9.17) is 0 Å². The van der Waals surface area contributed by atoms with Gasteiger partial charge in [-0.3, -0.25) is 19.2 Å². The van der Waals surface area contributed by atoms with E-state index in [9.17, 15) is 38.4 Å². The average molecular weight is 1140 g/mol. The SMILES string of the molecule is CN1C(=O)N(C)C1=O.CNC(=O)SC.CNC(=O)SC.CSC(=O)Nc1ccc(Cc2ccc(C)cc2)cc1.CSC(=O)Nc1ccc(Cc2ccc(N3C(=O)N(C)C3=O)cc2)cc1.Cc1ccccc1.Cc1ccccc1. The summed E-state index contributed by atoms with van der Waals surface area (Å²) in [4.78, 5) is 91.1. The normalized spacial score (nSPS) is 11.6. The topological polar surface area (TPSA) is 198 Å². The van der Waals surface area contributed by atoms with E-state index < -0.39 is 0 Å². The molecule has 2 aliphatic rings. The molecule has 8 rings (SSSR count). The van der Waals surface area contributed by atoms with Crippen LogP contribution in [0, 0.1) is 20.8 Å². The van der Waals surface area contributed by atoms with Crippen LogP contribution in [0.15, 0.2) is 158 Å². The van der Waals surface area contributed by atoms with Gasteiger partial charge in [0, 0.05) is 46.6 Å². The fraction of sp³-hybridized carbons (Fsp3) is 0.241. The number of benzene rings is 6. The molecule has 0 atom stereocenters. The van der Waals surface area contributed by atoms with Crippen molar-refractivity contribution in [2.24, 2.45) is 0 Å². The molecule has 0 aromatic heterocycles. The third-order valence-corrected chi connectivity index (χ3v) is 12.8. The highest BCUT2D eigenvalue weighted by Crippen LogP contribution is 2.25. The molecular formula is C58H70N8O8S4. The number of hydrogen-bond donors (Lipinski definition) is 4. The largest absolute Gasteiger partial charge is 0.350 e. The smallest absolute Gasteiger partial charge is 0.340 e. The van der Waals surface area contributed by atoms with Gasteiger partial charge >= 0.3 is 24.1 Å². The molecule has 0 aliphatic carbocycles. The quantitative estimate of drug-likeness (QED) is 0.118. The number of thioether (sulfide) groups is 4. The van der Waals surface area contributed by atoms with Crippen LogP contribution < -0.4 is 26.2 Å². The number of aryl methyl sites for hydroxylation is 3. The number of imide groups is 4. The van der Waals surface area contributed by atoms with E-state index in [0.29, 0.717) is 5.69 Å². The first kappa shape index (κ1) is 66.6. The molecule has 2 heterocycles. The van der Waals surface area contributed by atoms with Gasteiger partial charge in [0.15, 0.2) is 0 Å². The van der Waals surface area contributed by atoms with Crippen LogP contribution in [0.5, 0.6) is 0 Å². The Bertz CT molecular complexity index is 2720. The van der Waals surface area contributed by atoms with Crippen LogP contribution in [-0.4, -0.2) is 120 Å². The van der Waals surface area contributed by atoms with Gasteiger partial charge in [-0.2, -0.15) is 0 Å². The van der Waals surface area contributed by atoms with Crippen molar-refractivity contribution in [1.29, 1.82) is 0 Å². The van der Waals surface area contributed by atoms with Crippen LogP contribution in [-0.2, 0) is 12.8 Å². The summed E-state index contributed by atoms with van der Waals surface area (Å²) < 4.78 is 0. The monoisotopic (exact) mass is 1130 g/mol. The van der Waals surface area contributed by atoms with E-state index in [2.05, 4.69) is 103 Å². The lowest BCUT2D eigenvalue weighted by Crippen LogP contribution is -2.62. The second-order valence-corrected chi connectivity index (χ2v) is 19.7. The van der Waals surface area contributed by atoms with Gasteiger partial charge in [0.25, 0.3) is 21.0 Å². The van der Waals surface area contributed by atoms with Crippen LogP contribution in [0.3, 0.4) is 0 Å². The minimum absolute atomic E-state index is 0.00926. The summed E-state index contributed by atoms with van der Waals surface area (Å²) in [6.45, 7) is 6.26. The number of urea groups is 4. The lowest BCUT2D eigenvalue weighted by atomic mass is 10.0. The van der Waals surface area contributed by atoms with E-state index in [0.717, 1.165) is 66.7 Å². The van der Waals surface area contributed by atoms with E-state index in [1.54, 1.807) is 51.3 Å². The van der Waals surface area contributed by atoms with Gasteiger partial charge < -0.3 is 21.3 Å². The fourth-order valence-corrected chi connectivity index (χ4v) is 7.02. The number of nitrogens with zero attached hydrogens (tertiary/aromatic N) is 4. The van der Waals surface area contributed by atoms with Crippen molar-refractivity contribution >= 4 is 109 Å². The van der Waals surface area contributed by atoms with E-state index in [1.165, 1.54) is 84.2 Å². The van der Waals surface area contributed by atoms with Crippen LogP contribution in [0.4, 0.5) is 55.4 Å². The van der Waals surface area contributed by atoms with Crippen LogP contribution in [0.25, 0.3) is 0 Å². The van der Waals surface area contributed by atoms with Crippen molar-refractivity contribution in [3.8, 4) is 0 Å². The second kappa shape index (κ2) is 36.5. The maximum atomic E-state index is 11.7. The minimum Gasteiger partial charge on any atom is -0.350 e. The summed E-state index contributed by atoms with van der Waals surface area (Å²) in [6, 6.07) is 50.9. The molecule has 2 aliphatic heterocycles. The van der Waals surface area contributed by atoms with E-state index in [1.807, 2.05) is 84.9 Å². The standard InChI is InChI=1S/C18H17N3O3S.C16H17NOS.2C7H8.C4H6N2O2.2C3H7NOS/c1-20-17(23)21(18(20)24)15-9-5-13(6-10-15)11-12-3-7-14(8-4-12)19-16(22)25-2;1-12-3-5-13(6-4-12)11-14-7-9-15(10-8-14)17-16(18)19-2;2*1-7-5-3-2-4-6-7;1-5-3(7)6(2)4(5)8;2*1-4-3(5)6-2/h3-10H,11H2,1-2H3,(H,19,22);3-10H,11H2,1-2H3,(H,17,18);2*2-6H,1H3;1-2H3;2*1-2H3,(H,4,5). The van der Waals surface area contributed by atoms with Gasteiger partial charge in [-0.25, -0.2) is 38.8 Å². The summed E-state index contributed by atoms with van der Waals surface area (Å²) >= 11 is 4.66. The van der Waals surface area contributed by atoms with Gasteiger partial charge in [0.05, 0.1) is 5.69 Å². The predicted octanol–water partition coefficient (Wildman–Crippen LogP) is 14.1. The summed E-state index contributed by atoms with van der Waals surface area (Å²) in [5.74, 6) is 0. The number of carbonyl (C=O) groups is 8. The molecule has 0 bridgehead atoms. The number of rotatable bonds is 7. The molecule has 414 valence electrons. The van der Waals surface area contributed by atoms with Crippen LogP contribution in [0.2, 0.25) is 0 Å². The highest BCUT2D eigenvalue weighted by Gasteiger charge is 2.41. The van der Waals surface area contributed by atoms with Crippen molar-refractivity contribution in [1.82, 2.24) is 25.3 Å². The Morgan fingerprint density at radius 1 is 0.372 bits per heavy atom. The Hall–Kier alpha value is -7.52. The summed E-state index contributed by atoms with van der Waals surface area (Å²) in [5, 5.41) is 10.4. The first-order valence-corrected chi connectivity index (χ1v) is 28.9. The van der Waals surface area contributed by atoms with E-state index in [-0.39, 0.29) is 45.1 Å². The fourth-order valence-electron chi connectivity index (χ4n) is 6.17. The Morgan fingerprint density at radius 3 is 0.885 bits per heavy atom. The number of anilines is 3. The molecule has 20 heteroatoms. The maximum Gasteiger partial charge on any atom is 0.340 e.